The normalized spacial score (nSPS) is 10.3. The lowest BCUT2D eigenvalue weighted by molar-refractivity contribution is -0.384. The highest BCUT2D eigenvalue weighted by Gasteiger charge is 2.21. The Morgan fingerprint density at radius 2 is 2.05 bits per heavy atom. The van der Waals surface area contributed by atoms with Gasteiger partial charge in [-0.25, -0.2) is 8.78 Å². The van der Waals surface area contributed by atoms with E-state index in [0.29, 0.717) is 17.5 Å². The van der Waals surface area contributed by atoms with Gasteiger partial charge in [-0.05, 0) is 13.0 Å². The lowest BCUT2D eigenvalue weighted by Crippen LogP contribution is -2.07. The van der Waals surface area contributed by atoms with E-state index in [0.717, 1.165) is 6.07 Å². The average molecular weight is 280 g/mol. The van der Waals surface area contributed by atoms with E-state index < -0.39 is 27.9 Å². The molecule has 1 aromatic carbocycles. The molecular weight excluding hydrogens is 270 g/mol. The molecule has 0 aliphatic heterocycles. The second-order valence-electron chi connectivity index (χ2n) is 4.02. The molecule has 0 amide bonds. The summed E-state index contributed by atoms with van der Waals surface area (Å²) in [6, 6.07) is 1.62. The number of aromatic nitrogens is 2. The van der Waals surface area contributed by atoms with E-state index in [9.17, 15) is 18.9 Å². The number of aryl methyl sites for hydroxylation is 1. The molecule has 1 aromatic heterocycles. The molecule has 0 aliphatic rings. The van der Waals surface area contributed by atoms with E-state index in [-0.39, 0.29) is 6.54 Å². The highest BCUT2D eigenvalue weighted by molar-refractivity contribution is 5.62. The summed E-state index contributed by atoms with van der Waals surface area (Å²) in [5.41, 5.74) is 0.117. The van der Waals surface area contributed by atoms with Crippen molar-refractivity contribution in [2.24, 2.45) is 0 Å². The number of benzene rings is 1. The summed E-state index contributed by atoms with van der Waals surface area (Å²) >= 11 is 0. The van der Waals surface area contributed by atoms with Crippen molar-refractivity contribution in [2.45, 2.75) is 13.5 Å². The molecule has 0 bridgehead atoms. The van der Waals surface area contributed by atoms with Crippen LogP contribution >= 0.6 is 0 Å². The number of anilines is 1. The van der Waals surface area contributed by atoms with Crippen LogP contribution in [0.1, 0.15) is 11.4 Å². The van der Waals surface area contributed by atoms with Gasteiger partial charge in [0.2, 0.25) is 0 Å². The maximum atomic E-state index is 13.6. The third kappa shape index (κ3) is 2.85. The quantitative estimate of drug-likeness (QED) is 0.687. The van der Waals surface area contributed by atoms with Crippen LogP contribution in [0.4, 0.5) is 20.2 Å². The van der Waals surface area contributed by atoms with Crippen LogP contribution in [-0.4, -0.2) is 14.9 Å². The van der Waals surface area contributed by atoms with Crippen molar-refractivity contribution >= 4 is 11.4 Å². The van der Waals surface area contributed by atoms with Crippen LogP contribution in [0.15, 0.2) is 24.5 Å². The van der Waals surface area contributed by atoms with E-state index in [1.165, 1.54) is 12.4 Å². The maximum Gasteiger partial charge on any atom is 0.295 e. The first-order chi connectivity index (χ1) is 9.49. The largest absolute Gasteiger partial charge is 0.371 e. The summed E-state index contributed by atoms with van der Waals surface area (Å²) in [7, 11) is 0. The second kappa shape index (κ2) is 5.55. The van der Waals surface area contributed by atoms with Gasteiger partial charge < -0.3 is 5.32 Å². The zero-order chi connectivity index (χ0) is 14.7. The first kappa shape index (κ1) is 13.8. The summed E-state index contributed by atoms with van der Waals surface area (Å²) in [5.74, 6) is -2.45. The van der Waals surface area contributed by atoms with Crippen LogP contribution in [0, 0.1) is 28.7 Å². The Morgan fingerprint density at radius 1 is 1.30 bits per heavy atom. The van der Waals surface area contributed by atoms with Crippen LogP contribution in [0.25, 0.3) is 0 Å². The van der Waals surface area contributed by atoms with Crippen molar-refractivity contribution in [3.63, 3.8) is 0 Å². The molecule has 0 aliphatic carbocycles. The van der Waals surface area contributed by atoms with Crippen LogP contribution in [-0.2, 0) is 6.54 Å². The summed E-state index contributed by atoms with van der Waals surface area (Å²) in [6.07, 6.45) is 2.96. The van der Waals surface area contributed by atoms with Crippen LogP contribution in [0.3, 0.4) is 0 Å². The van der Waals surface area contributed by atoms with Crippen molar-refractivity contribution in [1.29, 1.82) is 0 Å². The lowest BCUT2D eigenvalue weighted by Gasteiger charge is -2.08. The minimum Gasteiger partial charge on any atom is -0.371 e. The molecule has 1 N–H and O–H groups in total. The van der Waals surface area contributed by atoms with Crippen LogP contribution in [0.5, 0.6) is 0 Å². The number of halogens is 2. The molecule has 0 spiro atoms. The number of nitrogens with zero attached hydrogens (tertiary/aromatic N) is 3. The summed E-state index contributed by atoms with van der Waals surface area (Å²) in [5, 5.41) is 13.3. The molecule has 104 valence electrons. The SMILES string of the molecule is Cc1cnc(CNc2c([N+](=O)[O-])ccc(F)c2F)cn1. The van der Waals surface area contributed by atoms with Gasteiger partial charge in [-0.3, -0.25) is 20.1 Å². The summed E-state index contributed by atoms with van der Waals surface area (Å²) in [4.78, 5) is 18.0. The standard InChI is InChI=1S/C12H10F2N4O2/c1-7-4-16-8(5-15-7)6-17-12-10(18(19)20)3-2-9(13)11(12)14/h2-5,17H,6H2,1H3. The van der Waals surface area contributed by atoms with Gasteiger partial charge >= 0.3 is 0 Å². The lowest BCUT2D eigenvalue weighted by atomic mass is 10.2. The topological polar surface area (TPSA) is 81.0 Å². The maximum absolute atomic E-state index is 13.6. The fourth-order valence-corrected chi connectivity index (χ4v) is 1.55. The average Bonchev–Trinajstić information content (AvgIpc) is 2.42. The predicted molar refractivity (Wildman–Crippen MR) is 67.1 cm³/mol. The Bertz CT molecular complexity index is 647. The van der Waals surface area contributed by atoms with Crippen molar-refractivity contribution in [3.8, 4) is 0 Å². The Labute approximate surface area is 112 Å². The highest BCUT2D eigenvalue weighted by atomic mass is 19.2. The van der Waals surface area contributed by atoms with E-state index >= 15 is 0 Å². The number of hydrogen-bond acceptors (Lipinski definition) is 5. The number of nitro benzene ring substituents is 1. The van der Waals surface area contributed by atoms with E-state index in [2.05, 4.69) is 15.3 Å². The summed E-state index contributed by atoms with van der Waals surface area (Å²) < 4.78 is 26.7. The first-order valence-electron chi connectivity index (χ1n) is 5.63. The molecule has 0 saturated carbocycles. The van der Waals surface area contributed by atoms with Gasteiger partial charge in [-0.2, -0.15) is 0 Å². The summed E-state index contributed by atoms with van der Waals surface area (Å²) in [6.45, 7) is 1.75. The van der Waals surface area contributed by atoms with Crippen LogP contribution < -0.4 is 5.32 Å². The van der Waals surface area contributed by atoms with Crippen molar-refractivity contribution in [3.05, 3.63) is 57.7 Å². The molecule has 20 heavy (non-hydrogen) atoms. The predicted octanol–water partition coefficient (Wildman–Crippen LogP) is 2.58. The zero-order valence-electron chi connectivity index (χ0n) is 10.4. The molecule has 1 heterocycles. The molecule has 2 aromatic rings. The minimum atomic E-state index is -1.29. The Hall–Kier alpha value is -2.64. The third-order valence-electron chi connectivity index (χ3n) is 2.55. The monoisotopic (exact) mass is 280 g/mol. The number of nitrogens with one attached hydrogen (secondary N) is 1. The van der Waals surface area contributed by atoms with E-state index in [1.54, 1.807) is 6.92 Å². The molecule has 8 heteroatoms. The molecule has 2 rings (SSSR count). The molecule has 0 atom stereocenters. The smallest absolute Gasteiger partial charge is 0.295 e. The first-order valence-corrected chi connectivity index (χ1v) is 5.63. The van der Waals surface area contributed by atoms with Crippen molar-refractivity contribution in [1.82, 2.24) is 9.97 Å². The Balaban J connectivity index is 2.26. The van der Waals surface area contributed by atoms with E-state index in [1.807, 2.05) is 0 Å². The molecule has 0 radical (unpaired) electrons. The minimum absolute atomic E-state index is 0.00546. The zero-order valence-corrected chi connectivity index (χ0v) is 10.4. The molecule has 6 nitrogen and oxygen atoms in total. The van der Waals surface area contributed by atoms with Gasteiger partial charge in [0.1, 0.15) is 0 Å². The van der Waals surface area contributed by atoms with Gasteiger partial charge in [-0.1, -0.05) is 0 Å². The number of nitro groups is 1. The van der Waals surface area contributed by atoms with E-state index in [4.69, 9.17) is 0 Å². The molecule has 0 unspecified atom stereocenters. The molecular formula is C12H10F2N4O2. The van der Waals surface area contributed by atoms with Gasteiger partial charge in [0.25, 0.3) is 5.69 Å². The van der Waals surface area contributed by atoms with Gasteiger partial charge in [0, 0.05) is 12.3 Å². The number of rotatable bonds is 4. The van der Waals surface area contributed by atoms with Crippen molar-refractivity contribution in [2.75, 3.05) is 5.32 Å². The van der Waals surface area contributed by atoms with Gasteiger partial charge in [0.05, 0.1) is 29.1 Å². The fourth-order valence-electron chi connectivity index (χ4n) is 1.55. The highest BCUT2D eigenvalue weighted by Crippen LogP contribution is 2.29. The Morgan fingerprint density at radius 3 is 2.65 bits per heavy atom. The molecule has 0 saturated heterocycles. The second-order valence-corrected chi connectivity index (χ2v) is 4.02. The fraction of sp³-hybridized carbons (Fsp3) is 0.167. The Kier molecular flexibility index (Phi) is 3.83. The molecule has 0 fully saturated rings. The van der Waals surface area contributed by atoms with Gasteiger partial charge in [-0.15, -0.1) is 0 Å². The third-order valence-corrected chi connectivity index (χ3v) is 2.55. The van der Waals surface area contributed by atoms with Crippen molar-refractivity contribution < 1.29 is 13.7 Å². The van der Waals surface area contributed by atoms with Crippen LogP contribution in [0.2, 0.25) is 0 Å². The van der Waals surface area contributed by atoms with Gasteiger partial charge in [0.15, 0.2) is 17.3 Å². The number of hydrogen-bond donors (Lipinski definition) is 1.